The third-order valence-electron chi connectivity index (χ3n) is 3.00. The number of hydrogen-bond donors (Lipinski definition) is 2. The highest BCUT2D eigenvalue weighted by molar-refractivity contribution is 6.38. The van der Waals surface area contributed by atoms with Gasteiger partial charge in [-0.05, 0) is 5.56 Å². The van der Waals surface area contributed by atoms with Gasteiger partial charge in [0.05, 0.1) is 6.85 Å². The minimum atomic E-state index is -2.02. The molecule has 116 valence electrons. The van der Waals surface area contributed by atoms with Crippen LogP contribution in [-0.2, 0) is 14.4 Å². The molecule has 0 saturated carbocycles. The van der Waals surface area contributed by atoms with Gasteiger partial charge >= 0.3 is 23.8 Å². The predicted octanol–water partition coefficient (Wildman–Crippen LogP) is -0.178. The average molecular weight is 310 g/mol. The highest BCUT2D eigenvalue weighted by Gasteiger charge is 2.36. The summed E-state index contributed by atoms with van der Waals surface area (Å²) in [4.78, 5) is 49.1. The van der Waals surface area contributed by atoms with Gasteiger partial charge in [0.25, 0.3) is 0 Å². The highest BCUT2D eigenvalue weighted by atomic mass is 16.4. The van der Waals surface area contributed by atoms with Crippen molar-refractivity contribution in [3.63, 3.8) is 0 Å². The third kappa shape index (κ3) is 3.05. The second kappa shape index (κ2) is 6.25. The van der Waals surface area contributed by atoms with Crippen LogP contribution in [0.15, 0.2) is 30.2 Å². The number of amides is 4. The van der Waals surface area contributed by atoms with Crippen molar-refractivity contribution in [3.05, 3.63) is 35.8 Å². The molecule has 2 N–H and O–H groups in total. The third-order valence-corrected chi connectivity index (χ3v) is 3.00. The number of rotatable bonds is 3. The molecule has 1 aromatic rings. The quantitative estimate of drug-likeness (QED) is 0.753. The SMILES string of the molecule is [2H]c1c([2H])c([2H])c([C@@H](NC(=O)N2CCN(C)C(=O)C2=O)C(=O)O)c([2H])c1[2H]. The summed E-state index contributed by atoms with van der Waals surface area (Å²) in [6.45, 7) is -0.135. The molecule has 1 atom stereocenters. The molecule has 22 heavy (non-hydrogen) atoms. The lowest BCUT2D eigenvalue weighted by atomic mass is 10.1. The van der Waals surface area contributed by atoms with E-state index in [1.54, 1.807) is 0 Å². The Balaban J connectivity index is 2.41. The summed E-state index contributed by atoms with van der Waals surface area (Å²) in [5.41, 5.74) is -0.658. The molecule has 1 saturated heterocycles. The van der Waals surface area contributed by atoms with Gasteiger partial charge in [0.15, 0.2) is 6.04 Å². The molecule has 4 amide bonds. The van der Waals surface area contributed by atoms with Crippen molar-refractivity contribution in [2.24, 2.45) is 0 Å². The van der Waals surface area contributed by atoms with Crippen molar-refractivity contribution in [2.45, 2.75) is 6.04 Å². The van der Waals surface area contributed by atoms with E-state index in [0.717, 1.165) is 4.90 Å². The molecular weight excluding hydrogens is 290 g/mol. The molecule has 0 unspecified atom stereocenters. The number of carboxylic acid groups (broad SMARTS) is 1. The average Bonchev–Trinajstić information content (AvgIpc) is 2.61. The number of piperazine rings is 1. The smallest absolute Gasteiger partial charge is 0.330 e. The van der Waals surface area contributed by atoms with Crippen LogP contribution < -0.4 is 5.32 Å². The van der Waals surface area contributed by atoms with Gasteiger partial charge in [0, 0.05) is 20.1 Å². The van der Waals surface area contributed by atoms with E-state index in [0.29, 0.717) is 4.90 Å². The monoisotopic (exact) mass is 310 g/mol. The van der Waals surface area contributed by atoms with Crippen molar-refractivity contribution in [2.75, 3.05) is 20.1 Å². The minimum Gasteiger partial charge on any atom is -0.479 e. The maximum absolute atomic E-state index is 12.3. The Kier molecular flexibility index (Phi) is 2.82. The molecular formula is C14H15N3O5. The Bertz CT molecular complexity index is 833. The number of likely N-dealkylation sites (N-methyl/N-ethyl adjacent to an activating group) is 1. The van der Waals surface area contributed by atoms with Crippen LogP contribution in [0.3, 0.4) is 0 Å². The molecule has 0 spiro atoms. The molecule has 1 aromatic carbocycles. The molecule has 8 heteroatoms. The van der Waals surface area contributed by atoms with Gasteiger partial charge in [0.2, 0.25) is 0 Å². The maximum Gasteiger partial charge on any atom is 0.330 e. The van der Waals surface area contributed by atoms with E-state index in [2.05, 4.69) is 0 Å². The van der Waals surface area contributed by atoms with Crippen LogP contribution in [0.1, 0.15) is 18.5 Å². The van der Waals surface area contributed by atoms with Gasteiger partial charge in [-0.1, -0.05) is 30.2 Å². The number of benzene rings is 1. The lowest BCUT2D eigenvalue weighted by Gasteiger charge is -2.30. The fourth-order valence-electron chi connectivity index (χ4n) is 1.79. The Morgan fingerprint density at radius 3 is 2.45 bits per heavy atom. The zero-order valence-electron chi connectivity index (χ0n) is 16.5. The standard InChI is InChI=1S/C14H15N3O5/c1-16-7-8-17(12(19)11(16)18)14(22)15-10(13(20)21)9-5-3-2-4-6-9/h2-6,10H,7-8H2,1H3,(H,15,22)(H,20,21)/t10-/m1/s1/i2D,3D,4D,5D,6D. The van der Waals surface area contributed by atoms with Crippen LogP contribution in [0.2, 0.25) is 0 Å². The first-order chi connectivity index (χ1) is 12.5. The van der Waals surface area contributed by atoms with E-state index in [-0.39, 0.29) is 13.1 Å². The first kappa shape index (κ1) is 9.93. The van der Waals surface area contributed by atoms with Crippen LogP contribution in [0.25, 0.3) is 0 Å². The van der Waals surface area contributed by atoms with Gasteiger partial charge in [0.1, 0.15) is 0 Å². The van der Waals surface area contributed by atoms with E-state index < -0.39 is 65.6 Å². The number of urea groups is 1. The van der Waals surface area contributed by atoms with E-state index in [9.17, 15) is 24.3 Å². The minimum absolute atomic E-state index is 0.0460. The fourth-order valence-corrected chi connectivity index (χ4v) is 1.79. The molecule has 8 nitrogen and oxygen atoms in total. The summed E-state index contributed by atoms with van der Waals surface area (Å²) in [5, 5.41) is 11.4. The van der Waals surface area contributed by atoms with Crippen LogP contribution in [0.5, 0.6) is 0 Å². The van der Waals surface area contributed by atoms with Crippen molar-refractivity contribution < 1.29 is 31.1 Å². The molecule has 1 heterocycles. The summed E-state index contributed by atoms with van der Waals surface area (Å²) in [7, 11) is 1.36. The molecule has 2 rings (SSSR count). The number of aliphatic carboxylic acids is 1. The Morgan fingerprint density at radius 1 is 1.23 bits per heavy atom. The van der Waals surface area contributed by atoms with Gasteiger partial charge in [-0.15, -0.1) is 0 Å². The van der Waals surface area contributed by atoms with Crippen LogP contribution in [0.4, 0.5) is 4.79 Å². The molecule has 0 aliphatic carbocycles. The lowest BCUT2D eigenvalue weighted by molar-refractivity contribution is -0.152. The van der Waals surface area contributed by atoms with Gasteiger partial charge in [-0.3, -0.25) is 14.5 Å². The number of imide groups is 1. The fraction of sp³-hybridized carbons (Fsp3) is 0.286. The first-order valence-corrected chi connectivity index (χ1v) is 6.16. The number of carbonyl (C=O) groups excluding carboxylic acids is 3. The molecule has 1 aliphatic heterocycles. The number of nitrogens with zero attached hydrogens (tertiary/aromatic N) is 2. The summed E-state index contributed by atoms with van der Waals surface area (Å²) >= 11 is 0. The Morgan fingerprint density at radius 2 is 1.86 bits per heavy atom. The van der Waals surface area contributed by atoms with Crippen molar-refractivity contribution in [1.82, 2.24) is 15.1 Å². The van der Waals surface area contributed by atoms with Crippen molar-refractivity contribution in [3.8, 4) is 0 Å². The second-order valence-corrected chi connectivity index (χ2v) is 4.44. The van der Waals surface area contributed by atoms with E-state index in [4.69, 9.17) is 6.85 Å². The summed E-state index contributed by atoms with van der Waals surface area (Å²) < 4.78 is 38.4. The molecule has 1 fully saturated rings. The van der Waals surface area contributed by atoms with Crippen LogP contribution in [-0.4, -0.2) is 58.9 Å². The van der Waals surface area contributed by atoms with Crippen LogP contribution >= 0.6 is 0 Å². The number of carboxylic acids is 1. The van der Waals surface area contributed by atoms with E-state index in [1.165, 1.54) is 7.05 Å². The molecule has 0 radical (unpaired) electrons. The first-order valence-electron chi connectivity index (χ1n) is 8.66. The molecule has 0 bridgehead atoms. The highest BCUT2D eigenvalue weighted by Crippen LogP contribution is 2.14. The predicted molar refractivity (Wildman–Crippen MR) is 74.7 cm³/mol. The number of nitrogens with one attached hydrogen (secondary N) is 1. The molecule has 1 aliphatic rings. The molecule has 0 aromatic heterocycles. The number of carbonyl (C=O) groups is 4. The van der Waals surface area contributed by atoms with Gasteiger partial charge < -0.3 is 15.3 Å². The summed E-state index contributed by atoms with van der Waals surface area (Å²) in [6.07, 6.45) is 0. The maximum atomic E-state index is 12.3. The zero-order chi connectivity index (χ0) is 20.6. The Labute approximate surface area is 133 Å². The second-order valence-electron chi connectivity index (χ2n) is 4.44. The van der Waals surface area contributed by atoms with Gasteiger partial charge in [-0.2, -0.15) is 0 Å². The zero-order valence-corrected chi connectivity index (χ0v) is 11.5. The van der Waals surface area contributed by atoms with Gasteiger partial charge in [-0.25, -0.2) is 9.59 Å². The largest absolute Gasteiger partial charge is 0.479 e. The van der Waals surface area contributed by atoms with E-state index in [1.807, 2.05) is 5.32 Å². The topological polar surface area (TPSA) is 107 Å². The summed E-state index contributed by atoms with van der Waals surface area (Å²) in [5.74, 6) is -3.81. The number of hydrogen-bond acceptors (Lipinski definition) is 4. The van der Waals surface area contributed by atoms with Crippen LogP contribution in [0, 0.1) is 0 Å². The van der Waals surface area contributed by atoms with Crippen molar-refractivity contribution >= 4 is 23.8 Å². The summed E-state index contributed by atoms with van der Waals surface area (Å²) in [6, 6.07) is -7.09. The normalized spacial score (nSPS) is 19.6. The van der Waals surface area contributed by atoms with Crippen molar-refractivity contribution in [1.29, 1.82) is 0 Å². The van der Waals surface area contributed by atoms with E-state index >= 15 is 0 Å². The lowest BCUT2D eigenvalue weighted by Crippen LogP contribution is -2.57. The Hall–Kier alpha value is -2.90.